The fourth-order valence-corrected chi connectivity index (χ4v) is 2.62. The maximum absolute atomic E-state index is 12.2. The van der Waals surface area contributed by atoms with Crippen molar-refractivity contribution in [1.82, 2.24) is 0 Å². The maximum Gasteiger partial charge on any atom is 0.266 e. The van der Waals surface area contributed by atoms with E-state index < -0.39 is 5.91 Å². The summed E-state index contributed by atoms with van der Waals surface area (Å²) >= 11 is 12.2. The van der Waals surface area contributed by atoms with Crippen LogP contribution in [0.1, 0.15) is 12.5 Å². The zero-order chi connectivity index (χ0) is 18.4. The number of aromatic hydroxyl groups is 1. The molecule has 2 N–H and O–H groups in total. The van der Waals surface area contributed by atoms with E-state index in [1.54, 1.807) is 12.1 Å². The van der Waals surface area contributed by atoms with E-state index >= 15 is 0 Å². The molecule has 5 nitrogen and oxygen atoms in total. The van der Waals surface area contributed by atoms with Gasteiger partial charge in [-0.25, -0.2) is 0 Å². The average Bonchev–Trinajstić information content (AvgIpc) is 2.58. The van der Waals surface area contributed by atoms with Crippen molar-refractivity contribution in [1.29, 1.82) is 5.26 Å². The van der Waals surface area contributed by atoms with Crippen LogP contribution in [0.4, 0.5) is 5.69 Å². The van der Waals surface area contributed by atoms with Gasteiger partial charge in [-0.15, -0.1) is 0 Å². The molecular formula is C18H14Cl2N2O3. The van der Waals surface area contributed by atoms with Crippen molar-refractivity contribution < 1.29 is 14.6 Å². The third-order valence-electron chi connectivity index (χ3n) is 3.11. The highest BCUT2D eigenvalue weighted by atomic mass is 35.5. The van der Waals surface area contributed by atoms with Gasteiger partial charge in [0.2, 0.25) is 0 Å². The number of nitrogens with zero attached hydrogens (tertiary/aromatic N) is 1. The van der Waals surface area contributed by atoms with E-state index in [1.807, 2.05) is 13.0 Å². The lowest BCUT2D eigenvalue weighted by Gasteiger charge is -2.09. The van der Waals surface area contributed by atoms with Gasteiger partial charge >= 0.3 is 0 Å². The Balaban J connectivity index is 2.26. The summed E-state index contributed by atoms with van der Waals surface area (Å²) in [5, 5.41) is 21.6. The number of hydrogen-bond donors (Lipinski definition) is 2. The number of amides is 1. The Morgan fingerprint density at radius 3 is 2.40 bits per heavy atom. The van der Waals surface area contributed by atoms with Crippen molar-refractivity contribution >= 4 is 40.9 Å². The van der Waals surface area contributed by atoms with E-state index in [2.05, 4.69) is 5.32 Å². The second kappa shape index (κ2) is 8.43. The van der Waals surface area contributed by atoms with Crippen LogP contribution in [-0.2, 0) is 4.79 Å². The van der Waals surface area contributed by atoms with Gasteiger partial charge in [0, 0.05) is 5.69 Å². The average molecular weight is 377 g/mol. The Labute approximate surface area is 155 Å². The summed E-state index contributed by atoms with van der Waals surface area (Å²) in [5.41, 5.74) is 0.826. The number of anilines is 1. The standard InChI is InChI=1S/C18H14Cl2N2O3/c1-2-25-17-15(19)8-11(9-16(17)20)7-12(10-21)18(24)22-13-3-5-14(23)6-4-13/h3-9,23H,2H2,1H3,(H,22,24)/b12-7+. The molecule has 0 aliphatic heterocycles. The summed E-state index contributed by atoms with van der Waals surface area (Å²) in [4.78, 5) is 12.2. The minimum atomic E-state index is -0.589. The topological polar surface area (TPSA) is 82.3 Å². The molecule has 7 heteroatoms. The van der Waals surface area contributed by atoms with E-state index in [9.17, 15) is 15.2 Å². The number of halogens is 2. The second-order valence-corrected chi connectivity index (χ2v) is 5.73. The van der Waals surface area contributed by atoms with E-state index in [0.29, 0.717) is 23.6 Å². The van der Waals surface area contributed by atoms with Crippen LogP contribution in [0.5, 0.6) is 11.5 Å². The highest BCUT2D eigenvalue weighted by molar-refractivity contribution is 6.37. The first-order valence-electron chi connectivity index (χ1n) is 7.28. The van der Waals surface area contributed by atoms with Crippen LogP contribution in [0.15, 0.2) is 42.0 Å². The number of carbonyl (C=O) groups excluding carboxylic acids is 1. The largest absolute Gasteiger partial charge is 0.508 e. The fraction of sp³-hybridized carbons (Fsp3) is 0.111. The Kier molecular flexibility index (Phi) is 6.29. The lowest BCUT2D eigenvalue weighted by Crippen LogP contribution is -2.13. The fourth-order valence-electron chi connectivity index (χ4n) is 2.00. The Morgan fingerprint density at radius 1 is 1.28 bits per heavy atom. The molecule has 0 unspecified atom stereocenters. The quantitative estimate of drug-likeness (QED) is 0.452. The molecule has 0 aliphatic rings. The van der Waals surface area contributed by atoms with Gasteiger partial charge < -0.3 is 15.2 Å². The normalized spacial score (nSPS) is 10.9. The van der Waals surface area contributed by atoms with Crippen LogP contribution in [0.3, 0.4) is 0 Å². The third kappa shape index (κ3) is 4.90. The predicted molar refractivity (Wildman–Crippen MR) is 98.0 cm³/mol. The first kappa shape index (κ1) is 18.7. The van der Waals surface area contributed by atoms with Gasteiger partial charge in [0.05, 0.1) is 16.7 Å². The molecular weight excluding hydrogens is 363 g/mol. The van der Waals surface area contributed by atoms with Crippen molar-refractivity contribution in [3.8, 4) is 17.6 Å². The monoisotopic (exact) mass is 376 g/mol. The van der Waals surface area contributed by atoms with E-state index in [1.165, 1.54) is 30.3 Å². The molecule has 2 rings (SSSR count). The van der Waals surface area contributed by atoms with E-state index in [4.69, 9.17) is 27.9 Å². The van der Waals surface area contributed by atoms with Gasteiger partial charge in [-0.3, -0.25) is 4.79 Å². The predicted octanol–water partition coefficient (Wildman–Crippen LogP) is 4.64. The molecule has 0 spiro atoms. The summed E-state index contributed by atoms with van der Waals surface area (Å²) in [7, 11) is 0. The highest BCUT2D eigenvalue weighted by Crippen LogP contribution is 2.34. The molecule has 2 aromatic rings. The molecule has 0 saturated heterocycles. The van der Waals surface area contributed by atoms with Crippen molar-refractivity contribution in [3.63, 3.8) is 0 Å². The highest BCUT2D eigenvalue weighted by Gasteiger charge is 2.12. The molecule has 0 radical (unpaired) electrons. The molecule has 2 aromatic carbocycles. The molecule has 0 saturated carbocycles. The first-order chi connectivity index (χ1) is 11.9. The van der Waals surface area contributed by atoms with Gasteiger partial charge in [-0.1, -0.05) is 23.2 Å². The van der Waals surface area contributed by atoms with Gasteiger partial charge in [-0.2, -0.15) is 5.26 Å². The molecule has 0 fully saturated rings. The summed E-state index contributed by atoms with van der Waals surface area (Å²) in [6, 6.07) is 10.9. The van der Waals surface area contributed by atoms with Crippen LogP contribution in [0.2, 0.25) is 10.0 Å². The van der Waals surface area contributed by atoms with Gasteiger partial charge in [-0.05, 0) is 55.0 Å². The third-order valence-corrected chi connectivity index (χ3v) is 3.67. The summed E-state index contributed by atoms with van der Waals surface area (Å²) in [6.07, 6.45) is 1.38. The lowest BCUT2D eigenvalue weighted by atomic mass is 10.1. The number of phenols is 1. The van der Waals surface area contributed by atoms with Gasteiger partial charge in [0.15, 0.2) is 5.75 Å². The van der Waals surface area contributed by atoms with E-state index in [-0.39, 0.29) is 21.4 Å². The van der Waals surface area contributed by atoms with Crippen molar-refractivity contribution in [2.45, 2.75) is 6.92 Å². The van der Waals surface area contributed by atoms with Crippen molar-refractivity contribution in [3.05, 3.63) is 57.6 Å². The smallest absolute Gasteiger partial charge is 0.266 e. The number of ether oxygens (including phenoxy) is 1. The molecule has 1 amide bonds. The van der Waals surface area contributed by atoms with Crippen LogP contribution in [-0.4, -0.2) is 17.6 Å². The molecule has 0 aromatic heterocycles. The maximum atomic E-state index is 12.2. The summed E-state index contributed by atoms with van der Waals surface area (Å²) in [5.74, 6) is -0.155. The molecule has 0 atom stereocenters. The SMILES string of the molecule is CCOc1c(Cl)cc(/C=C(\C#N)C(=O)Nc2ccc(O)cc2)cc1Cl. The van der Waals surface area contributed by atoms with Crippen molar-refractivity contribution in [2.24, 2.45) is 0 Å². The zero-order valence-electron chi connectivity index (χ0n) is 13.2. The van der Waals surface area contributed by atoms with Crippen LogP contribution < -0.4 is 10.1 Å². The number of nitrogens with one attached hydrogen (secondary N) is 1. The molecule has 0 bridgehead atoms. The number of benzene rings is 2. The Bertz CT molecular complexity index is 833. The van der Waals surface area contributed by atoms with Gasteiger partial charge in [0.25, 0.3) is 5.91 Å². The number of carbonyl (C=O) groups is 1. The second-order valence-electron chi connectivity index (χ2n) is 4.92. The van der Waals surface area contributed by atoms with Crippen LogP contribution in [0.25, 0.3) is 6.08 Å². The van der Waals surface area contributed by atoms with Gasteiger partial charge in [0.1, 0.15) is 17.4 Å². The number of phenolic OH excluding ortho intramolecular Hbond substituents is 1. The van der Waals surface area contributed by atoms with Crippen molar-refractivity contribution in [2.75, 3.05) is 11.9 Å². The van der Waals surface area contributed by atoms with Crippen LogP contribution >= 0.6 is 23.2 Å². The molecule has 0 aliphatic carbocycles. The lowest BCUT2D eigenvalue weighted by molar-refractivity contribution is -0.112. The zero-order valence-corrected chi connectivity index (χ0v) is 14.7. The molecule has 0 heterocycles. The van der Waals surface area contributed by atoms with Crippen LogP contribution in [0, 0.1) is 11.3 Å². The first-order valence-corrected chi connectivity index (χ1v) is 8.04. The Hall–Kier alpha value is -2.68. The number of rotatable bonds is 5. The summed E-state index contributed by atoms with van der Waals surface area (Å²) < 4.78 is 5.34. The number of nitriles is 1. The minimum Gasteiger partial charge on any atom is -0.508 e. The molecule has 128 valence electrons. The minimum absolute atomic E-state index is 0.0766. The number of hydrogen-bond acceptors (Lipinski definition) is 4. The summed E-state index contributed by atoms with van der Waals surface area (Å²) in [6.45, 7) is 2.22. The Morgan fingerprint density at radius 2 is 1.88 bits per heavy atom. The molecule has 25 heavy (non-hydrogen) atoms. The van der Waals surface area contributed by atoms with E-state index in [0.717, 1.165) is 0 Å².